The Morgan fingerprint density at radius 3 is 2.90 bits per heavy atom. The van der Waals surface area contributed by atoms with Gasteiger partial charge in [-0.05, 0) is 30.3 Å². The van der Waals surface area contributed by atoms with Gasteiger partial charge in [0.05, 0.1) is 17.2 Å². The summed E-state index contributed by atoms with van der Waals surface area (Å²) in [5.74, 6) is 0.455. The van der Waals surface area contributed by atoms with Gasteiger partial charge < -0.3 is 5.73 Å². The van der Waals surface area contributed by atoms with Crippen LogP contribution in [0.15, 0.2) is 55.0 Å². The minimum absolute atomic E-state index is 0.455. The van der Waals surface area contributed by atoms with E-state index in [-0.39, 0.29) is 0 Å². The summed E-state index contributed by atoms with van der Waals surface area (Å²) in [6.45, 7) is 0. The van der Waals surface area contributed by atoms with Crippen molar-refractivity contribution < 1.29 is 0 Å². The molecule has 3 aromatic heterocycles. The number of hydrogen-bond donors (Lipinski definition) is 1. The van der Waals surface area contributed by atoms with Crippen LogP contribution < -0.4 is 5.73 Å². The van der Waals surface area contributed by atoms with Crippen LogP contribution in [0.4, 0.5) is 5.95 Å². The molecule has 0 unspecified atom stereocenters. The number of aromatic nitrogens is 4. The van der Waals surface area contributed by atoms with Crippen LogP contribution in [-0.4, -0.2) is 19.5 Å². The molecule has 2 N–H and O–H groups in total. The van der Waals surface area contributed by atoms with Crippen molar-refractivity contribution in [2.24, 2.45) is 0 Å². The minimum atomic E-state index is 0.455. The third-order valence-electron chi connectivity index (χ3n) is 3.33. The van der Waals surface area contributed by atoms with Gasteiger partial charge in [-0.3, -0.25) is 14.5 Å². The standard InChI is InChI=1S/C15H11N5/c16-15-19-13-9-17-7-5-14(13)20(15)11-3-4-12-10(8-11)2-1-6-18-12/h1-9H,(H2,16,19). The van der Waals surface area contributed by atoms with Gasteiger partial charge in [-0.2, -0.15) is 0 Å². The van der Waals surface area contributed by atoms with Crippen LogP contribution in [0.5, 0.6) is 0 Å². The van der Waals surface area contributed by atoms with Crippen molar-refractivity contribution >= 4 is 27.9 Å². The fourth-order valence-electron chi connectivity index (χ4n) is 2.42. The Kier molecular flexibility index (Phi) is 2.20. The number of rotatable bonds is 1. The summed E-state index contributed by atoms with van der Waals surface area (Å²) >= 11 is 0. The Hall–Kier alpha value is -2.95. The molecular weight excluding hydrogens is 250 g/mol. The number of nitrogens with zero attached hydrogens (tertiary/aromatic N) is 4. The first-order valence-corrected chi connectivity index (χ1v) is 6.26. The van der Waals surface area contributed by atoms with E-state index >= 15 is 0 Å². The van der Waals surface area contributed by atoms with Gasteiger partial charge in [0.15, 0.2) is 0 Å². The van der Waals surface area contributed by atoms with E-state index in [2.05, 4.69) is 21.0 Å². The first-order valence-electron chi connectivity index (χ1n) is 6.26. The lowest BCUT2D eigenvalue weighted by atomic mass is 10.2. The predicted molar refractivity (Wildman–Crippen MR) is 78.6 cm³/mol. The summed E-state index contributed by atoms with van der Waals surface area (Å²) in [6.07, 6.45) is 5.24. The Balaban J connectivity index is 2.03. The van der Waals surface area contributed by atoms with Gasteiger partial charge in [0.2, 0.25) is 5.95 Å². The van der Waals surface area contributed by atoms with E-state index in [1.165, 1.54) is 0 Å². The van der Waals surface area contributed by atoms with Crippen LogP contribution in [0.2, 0.25) is 0 Å². The van der Waals surface area contributed by atoms with Crippen molar-refractivity contribution in [2.75, 3.05) is 5.73 Å². The van der Waals surface area contributed by atoms with E-state index in [0.29, 0.717) is 5.95 Å². The van der Waals surface area contributed by atoms with Crippen molar-refractivity contribution in [3.63, 3.8) is 0 Å². The molecule has 0 spiro atoms. The average molecular weight is 261 g/mol. The van der Waals surface area contributed by atoms with E-state index in [4.69, 9.17) is 5.73 Å². The van der Waals surface area contributed by atoms with Crippen LogP contribution in [0.3, 0.4) is 0 Å². The van der Waals surface area contributed by atoms with E-state index in [1.54, 1.807) is 18.6 Å². The van der Waals surface area contributed by atoms with Crippen molar-refractivity contribution in [2.45, 2.75) is 0 Å². The summed E-state index contributed by atoms with van der Waals surface area (Å²) in [5, 5.41) is 1.07. The highest BCUT2D eigenvalue weighted by Crippen LogP contribution is 2.24. The molecule has 0 saturated carbocycles. The summed E-state index contributed by atoms with van der Waals surface area (Å²) in [7, 11) is 0. The lowest BCUT2D eigenvalue weighted by Crippen LogP contribution is -2.00. The third-order valence-corrected chi connectivity index (χ3v) is 3.33. The molecule has 0 saturated heterocycles. The highest BCUT2D eigenvalue weighted by atomic mass is 15.2. The molecule has 0 radical (unpaired) electrons. The predicted octanol–water partition coefficient (Wildman–Crippen LogP) is 2.55. The summed E-state index contributed by atoms with van der Waals surface area (Å²) in [5.41, 5.74) is 9.70. The second-order valence-electron chi connectivity index (χ2n) is 4.55. The topological polar surface area (TPSA) is 69.6 Å². The van der Waals surface area contributed by atoms with Crippen molar-refractivity contribution in [1.82, 2.24) is 19.5 Å². The van der Waals surface area contributed by atoms with Gasteiger partial charge in [-0.15, -0.1) is 0 Å². The molecule has 3 heterocycles. The maximum absolute atomic E-state index is 6.04. The molecule has 0 aliphatic rings. The molecule has 5 nitrogen and oxygen atoms in total. The molecule has 1 aromatic carbocycles. The molecule has 0 aliphatic heterocycles. The number of hydrogen-bond acceptors (Lipinski definition) is 4. The number of benzene rings is 1. The number of nitrogens with two attached hydrogens (primary N) is 1. The van der Waals surface area contributed by atoms with E-state index in [0.717, 1.165) is 27.6 Å². The van der Waals surface area contributed by atoms with Crippen LogP contribution in [-0.2, 0) is 0 Å². The van der Waals surface area contributed by atoms with Crippen LogP contribution in [0, 0.1) is 0 Å². The number of nitrogen functional groups attached to an aromatic ring is 1. The van der Waals surface area contributed by atoms with Gasteiger partial charge in [0, 0.05) is 23.5 Å². The third kappa shape index (κ3) is 1.53. The smallest absolute Gasteiger partial charge is 0.205 e. The summed E-state index contributed by atoms with van der Waals surface area (Å²) in [4.78, 5) is 12.7. The maximum atomic E-state index is 6.04. The lowest BCUT2D eigenvalue weighted by Gasteiger charge is -2.07. The van der Waals surface area contributed by atoms with Gasteiger partial charge in [-0.1, -0.05) is 6.07 Å². The second kappa shape index (κ2) is 4.03. The number of pyridine rings is 2. The molecule has 0 bridgehead atoms. The fraction of sp³-hybridized carbons (Fsp3) is 0. The number of imidazole rings is 1. The number of anilines is 1. The Morgan fingerprint density at radius 1 is 1.00 bits per heavy atom. The molecule has 0 aliphatic carbocycles. The molecule has 0 atom stereocenters. The van der Waals surface area contributed by atoms with Crippen LogP contribution >= 0.6 is 0 Å². The van der Waals surface area contributed by atoms with Gasteiger partial charge >= 0.3 is 0 Å². The zero-order valence-electron chi connectivity index (χ0n) is 10.6. The molecular formula is C15H11N5. The zero-order valence-corrected chi connectivity index (χ0v) is 10.6. The number of fused-ring (bicyclic) bond motifs is 2. The van der Waals surface area contributed by atoms with Crippen LogP contribution in [0.1, 0.15) is 0 Å². The Labute approximate surface area is 114 Å². The Bertz CT molecular complexity index is 926. The first kappa shape index (κ1) is 10.9. The van der Waals surface area contributed by atoms with E-state index in [1.807, 2.05) is 34.9 Å². The van der Waals surface area contributed by atoms with E-state index in [9.17, 15) is 0 Å². The Morgan fingerprint density at radius 2 is 1.95 bits per heavy atom. The molecule has 4 rings (SSSR count). The second-order valence-corrected chi connectivity index (χ2v) is 4.55. The average Bonchev–Trinajstić information content (AvgIpc) is 2.82. The molecule has 0 amide bonds. The zero-order chi connectivity index (χ0) is 13.5. The minimum Gasteiger partial charge on any atom is -0.369 e. The van der Waals surface area contributed by atoms with Gasteiger partial charge in [0.1, 0.15) is 5.52 Å². The van der Waals surface area contributed by atoms with Crippen molar-refractivity contribution in [1.29, 1.82) is 0 Å². The highest BCUT2D eigenvalue weighted by molar-refractivity contribution is 5.84. The monoisotopic (exact) mass is 261 g/mol. The van der Waals surface area contributed by atoms with Crippen molar-refractivity contribution in [3.05, 3.63) is 55.0 Å². The SMILES string of the molecule is Nc1nc2cnccc2n1-c1ccc2ncccc2c1. The van der Waals surface area contributed by atoms with Gasteiger partial charge in [-0.25, -0.2) is 4.98 Å². The van der Waals surface area contributed by atoms with Gasteiger partial charge in [0.25, 0.3) is 0 Å². The quantitative estimate of drug-likeness (QED) is 0.571. The fourth-order valence-corrected chi connectivity index (χ4v) is 2.42. The lowest BCUT2D eigenvalue weighted by molar-refractivity contribution is 1.11. The van der Waals surface area contributed by atoms with Crippen LogP contribution in [0.25, 0.3) is 27.6 Å². The summed E-state index contributed by atoms with van der Waals surface area (Å²) in [6, 6.07) is 11.9. The first-order chi connectivity index (χ1) is 9.83. The molecule has 5 heteroatoms. The molecule has 20 heavy (non-hydrogen) atoms. The molecule has 96 valence electrons. The van der Waals surface area contributed by atoms with E-state index < -0.39 is 0 Å². The highest BCUT2D eigenvalue weighted by Gasteiger charge is 2.10. The maximum Gasteiger partial charge on any atom is 0.205 e. The summed E-state index contributed by atoms with van der Waals surface area (Å²) < 4.78 is 1.92. The molecule has 4 aromatic rings. The normalized spacial score (nSPS) is 11.2. The largest absolute Gasteiger partial charge is 0.369 e. The molecule has 0 fully saturated rings. The van der Waals surface area contributed by atoms with Crippen molar-refractivity contribution in [3.8, 4) is 5.69 Å².